The molecule has 0 aliphatic carbocycles. The highest BCUT2D eigenvalue weighted by atomic mass is 16.5. The zero-order valence-corrected chi connectivity index (χ0v) is 12.7. The minimum absolute atomic E-state index is 0.278. The average molecular weight is 293 g/mol. The van der Waals surface area contributed by atoms with Crippen LogP contribution in [-0.4, -0.2) is 27.2 Å². The van der Waals surface area contributed by atoms with Gasteiger partial charge in [-0.25, -0.2) is 9.97 Å². The Morgan fingerprint density at radius 3 is 3.05 bits per heavy atom. The van der Waals surface area contributed by atoms with Crippen LogP contribution >= 0.6 is 0 Å². The van der Waals surface area contributed by atoms with Gasteiger partial charge in [0, 0.05) is 24.9 Å². The predicted octanol–water partition coefficient (Wildman–Crippen LogP) is 3.45. The van der Waals surface area contributed by atoms with Crippen LogP contribution in [0.5, 0.6) is 0 Å². The highest BCUT2D eigenvalue weighted by Crippen LogP contribution is 2.24. The van der Waals surface area contributed by atoms with Crippen LogP contribution in [-0.2, 0) is 11.2 Å². The summed E-state index contributed by atoms with van der Waals surface area (Å²) in [4.78, 5) is 9.34. The quantitative estimate of drug-likeness (QED) is 0.742. The van der Waals surface area contributed by atoms with Gasteiger partial charge in [-0.3, -0.25) is 4.57 Å². The summed E-state index contributed by atoms with van der Waals surface area (Å²) >= 11 is 0. The fourth-order valence-electron chi connectivity index (χ4n) is 3.14. The maximum Gasteiger partial charge on any atom is 0.164 e. The fourth-order valence-corrected chi connectivity index (χ4v) is 3.14. The lowest BCUT2D eigenvalue weighted by Gasteiger charge is -2.12. The van der Waals surface area contributed by atoms with Gasteiger partial charge < -0.3 is 4.74 Å². The summed E-state index contributed by atoms with van der Waals surface area (Å²) in [5.41, 5.74) is 4.21. The molecular formula is C18H19N3O. The van der Waals surface area contributed by atoms with Crippen molar-refractivity contribution in [2.75, 3.05) is 6.61 Å². The van der Waals surface area contributed by atoms with Gasteiger partial charge in [-0.2, -0.15) is 0 Å². The number of fused-ring (bicyclic) bond motifs is 1. The van der Waals surface area contributed by atoms with Crippen molar-refractivity contribution in [3.8, 4) is 5.69 Å². The SMILES string of the molecule is Cc1cccc(-n2c(CC3CCCO3)nc3cccnc32)c1. The molecule has 1 saturated heterocycles. The Bertz CT molecular complexity index is 803. The van der Waals surface area contributed by atoms with Crippen molar-refractivity contribution in [2.24, 2.45) is 0 Å². The van der Waals surface area contributed by atoms with E-state index >= 15 is 0 Å². The number of aryl methyl sites for hydroxylation is 1. The van der Waals surface area contributed by atoms with Gasteiger partial charge in [-0.15, -0.1) is 0 Å². The summed E-state index contributed by atoms with van der Waals surface area (Å²) in [5.74, 6) is 1.03. The first-order valence-corrected chi connectivity index (χ1v) is 7.82. The third kappa shape index (κ3) is 2.40. The maximum absolute atomic E-state index is 5.79. The molecule has 1 fully saturated rings. The van der Waals surface area contributed by atoms with E-state index in [1.807, 2.05) is 18.3 Å². The minimum Gasteiger partial charge on any atom is -0.378 e. The first-order chi connectivity index (χ1) is 10.8. The molecule has 22 heavy (non-hydrogen) atoms. The second-order valence-corrected chi connectivity index (χ2v) is 5.89. The second-order valence-electron chi connectivity index (χ2n) is 5.89. The first kappa shape index (κ1) is 13.5. The Balaban J connectivity index is 1.85. The lowest BCUT2D eigenvalue weighted by molar-refractivity contribution is 0.109. The topological polar surface area (TPSA) is 39.9 Å². The molecule has 1 aliphatic rings. The Kier molecular flexibility index (Phi) is 3.39. The zero-order valence-electron chi connectivity index (χ0n) is 12.7. The van der Waals surface area contributed by atoms with Crippen LogP contribution in [0.15, 0.2) is 42.6 Å². The van der Waals surface area contributed by atoms with Crippen LogP contribution < -0.4 is 0 Å². The van der Waals surface area contributed by atoms with Gasteiger partial charge in [0.2, 0.25) is 0 Å². The van der Waals surface area contributed by atoms with Crippen molar-refractivity contribution in [3.63, 3.8) is 0 Å². The molecule has 4 heteroatoms. The van der Waals surface area contributed by atoms with Gasteiger partial charge in [0.1, 0.15) is 11.3 Å². The van der Waals surface area contributed by atoms with E-state index in [0.717, 1.165) is 48.5 Å². The lowest BCUT2D eigenvalue weighted by Crippen LogP contribution is -2.13. The molecule has 0 spiro atoms. The molecule has 1 aliphatic heterocycles. The van der Waals surface area contributed by atoms with Crippen LogP contribution in [0.1, 0.15) is 24.2 Å². The smallest absolute Gasteiger partial charge is 0.164 e. The third-order valence-corrected chi connectivity index (χ3v) is 4.18. The minimum atomic E-state index is 0.278. The molecule has 0 saturated carbocycles. The number of hydrogen-bond acceptors (Lipinski definition) is 3. The summed E-state index contributed by atoms with van der Waals surface area (Å²) in [5, 5.41) is 0. The number of nitrogens with zero attached hydrogens (tertiary/aromatic N) is 3. The fraction of sp³-hybridized carbons (Fsp3) is 0.333. The van der Waals surface area contributed by atoms with E-state index < -0.39 is 0 Å². The molecule has 3 heterocycles. The number of hydrogen-bond donors (Lipinski definition) is 0. The molecule has 1 unspecified atom stereocenters. The van der Waals surface area contributed by atoms with Crippen LogP contribution in [0.4, 0.5) is 0 Å². The Morgan fingerprint density at radius 1 is 1.27 bits per heavy atom. The number of pyridine rings is 1. The number of imidazole rings is 1. The van der Waals surface area contributed by atoms with E-state index in [-0.39, 0.29) is 6.10 Å². The van der Waals surface area contributed by atoms with Crippen molar-refractivity contribution in [1.29, 1.82) is 0 Å². The molecule has 3 aromatic rings. The highest BCUT2D eigenvalue weighted by molar-refractivity contribution is 5.73. The third-order valence-electron chi connectivity index (χ3n) is 4.18. The van der Waals surface area contributed by atoms with Gasteiger partial charge in [-0.05, 0) is 49.6 Å². The molecular weight excluding hydrogens is 274 g/mol. The van der Waals surface area contributed by atoms with Crippen LogP contribution in [0, 0.1) is 6.92 Å². The summed E-state index contributed by atoms with van der Waals surface area (Å²) in [6.45, 7) is 2.98. The Labute approximate surface area is 129 Å². The zero-order chi connectivity index (χ0) is 14.9. The molecule has 1 atom stereocenters. The van der Waals surface area contributed by atoms with Gasteiger partial charge in [-0.1, -0.05) is 12.1 Å². The molecule has 0 bridgehead atoms. The molecule has 4 nitrogen and oxygen atoms in total. The molecule has 2 aromatic heterocycles. The van der Waals surface area contributed by atoms with Gasteiger partial charge in [0.25, 0.3) is 0 Å². The summed E-state index contributed by atoms with van der Waals surface area (Å²) in [7, 11) is 0. The van der Waals surface area contributed by atoms with Crippen LogP contribution in [0.25, 0.3) is 16.9 Å². The van der Waals surface area contributed by atoms with E-state index in [9.17, 15) is 0 Å². The van der Waals surface area contributed by atoms with Crippen molar-refractivity contribution >= 4 is 11.2 Å². The average Bonchev–Trinajstić information content (AvgIpc) is 3.14. The molecule has 0 amide bonds. The molecule has 4 rings (SSSR count). The summed E-state index contributed by atoms with van der Waals surface area (Å²) < 4.78 is 7.96. The van der Waals surface area contributed by atoms with Crippen molar-refractivity contribution in [1.82, 2.24) is 14.5 Å². The van der Waals surface area contributed by atoms with E-state index in [1.54, 1.807) is 0 Å². The van der Waals surface area contributed by atoms with E-state index in [0.29, 0.717) is 0 Å². The monoisotopic (exact) mass is 293 g/mol. The molecule has 0 N–H and O–H groups in total. The summed E-state index contributed by atoms with van der Waals surface area (Å²) in [6, 6.07) is 12.4. The summed E-state index contributed by atoms with van der Waals surface area (Å²) in [6.07, 6.45) is 5.20. The van der Waals surface area contributed by atoms with Crippen molar-refractivity contribution < 1.29 is 4.74 Å². The number of ether oxygens (including phenoxy) is 1. The number of aromatic nitrogens is 3. The van der Waals surface area contributed by atoms with Gasteiger partial charge >= 0.3 is 0 Å². The maximum atomic E-state index is 5.79. The van der Waals surface area contributed by atoms with Crippen LogP contribution in [0.2, 0.25) is 0 Å². The molecule has 112 valence electrons. The highest BCUT2D eigenvalue weighted by Gasteiger charge is 2.21. The number of benzene rings is 1. The van der Waals surface area contributed by atoms with Crippen LogP contribution in [0.3, 0.4) is 0 Å². The largest absolute Gasteiger partial charge is 0.378 e. The van der Waals surface area contributed by atoms with Gasteiger partial charge in [0.15, 0.2) is 5.65 Å². The number of rotatable bonds is 3. The molecule has 0 radical (unpaired) electrons. The Hall–Kier alpha value is -2.20. The lowest BCUT2D eigenvalue weighted by atomic mass is 10.1. The molecule has 1 aromatic carbocycles. The van der Waals surface area contributed by atoms with E-state index in [4.69, 9.17) is 9.72 Å². The van der Waals surface area contributed by atoms with E-state index in [1.165, 1.54) is 5.56 Å². The normalized spacial score (nSPS) is 18.1. The van der Waals surface area contributed by atoms with Crippen molar-refractivity contribution in [2.45, 2.75) is 32.3 Å². The second kappa shape index (κ2) is 5.54. The van der Waals surface area contributed by atoms with Gasteiger partial charge in [0.05, 0.1) is 6.10 Å². The predicted molar refractivity (Wildman–Crippen MR) is 86.3 cm³/mol. The van der Waals surface area contributed by atoms with Crippen molar-refractivity contribution in [3.05, 3.63) is 54.0 Å². The Morgan fingerprint density at radius 2 is 2.23 bits per heavy atom. The van der Waals surface area contributed by atoms with E-state index in [2.05, 4.69) is 40.7 Å². The standard InChI is InChI=1S/C18H19N3O/c1-13-5-2-6-14(11-13)21-17(12-15-7-4-10-22-15)20-16-8-3-9-19-18(16)21/h2-3,5-6,8-9,11,15H,4,7,10,12H2,1H3. The first-order valence-electron chi connectivity index (χ1n) is 7.82.